The van der Waals surface area contributed by atoms with Gasteiger partial charge >= 0.3 is 0 Å². The van der Waals surface area contributed by atoms with Gasteiger partial charge in [-0.3, -0.25) is 0 Å². The third-order valence-electron chi connectivity index (χ3n) is 2.59. The molecular weight excluding hydrogens is 218 g/mol. The molecule has 0 atom stereocenters. The number of rotatable bonds is 8. The number of methoxy groups -OCH3 is 1. The summed E-state index contributed by atoms with van der Waals surface area (Å²) in [6, 6.07) is 4.51. The Hall–Kier alpha value is -1.20. The minimum atomic E-state index is 0.580. The Bertz CT molecular complexity index is 325. The average Bonchev–Trinajstić information content (AvgIpc) is 3.18. The van der Waals surface area contributed by atoms with E-state index in [-0.39, 0.29) is 0 Å². The zero-order valence-corrected chi connectivity index (χ0v) is 10.2. The number of hydrogen-bond acceptors (Lipinski definition) is 5. The first-order valence-corrected chi connectivity index (χ1v) is 6.06. The highest BCUT2D eigenvalue weighted by molar-refractivity contribution is 5.11. The summed E-state index contributed by atoms with van der Waals surface area (Å²) in [6.07, 6.45) is 3.44. The van der Waals surface area contributed by atoms with Crippen LogP contribution in [0.25, 0.3) is 0 Å². The maximum Gasteiger partial charge on any atom is 0.233 e. The molecule has 1 aromatic heterocycles. The first-order valence-electron chi connectivity index (χ1n) is 6.06. The molecule has 0 aliphatic heterocycles. The first kappa shape index (κ1) is 12.3. The summed E-state index contributed by atoms with van der Waals surface area (Å²) in [5.41, 5.74) is 0.959. The quantitative estimate of drug-likeness (QED) is 0.687. The molecule has 1 fully saturated rings. The molecule has 1 aromatic rings. The van der Waals surface area contributed by atoms with Gasteiger partial charge in [0.2, 0.25) is 5.88 Å². The fraction of sp³-hybridized carbons (Fsp3) is 0.667. The standard InChI is InChI=1S/C12H19N3O2/c1-16-7-2-8-17-12-6-5-11(14-15-12)9-13-10-3-4-10/h5-6,10,13H,2-4,7-9H2,1H3. The Morgan fingerprint density at radius 2 is 2.18 bits per heavy atom. The van der Waals surface area contributed by atoms with Gasteiger partial charge in [-0.15, -0.1) is 5.10 Å². The van der Waals surface area contributed by atoms with Crippen molar-refractivity contribution >= 4 is 0 Å². The molecule has 0 unspecified atom stereocenters. The molecular formula is C12H19N3O2. The van der Waals surface area contributed by atoms with Crippen LogP contribution in [-0.4, -0.2) is 36.6 Å². The highest BCUT2D eigenvalue weighted by atomic mass is 16.5. The highest BCUT2D eigenvalue weighted by Crippen LogP contribution is 2.19. The van der Waals surface area contributed by atoms with E-state index < -0.39 is 0 Å². The summed E-state index contributed by atoms with van der Waals surface area (Å²) in [4.78, 5) is 0. The molecule has 0 amide bonds. The predicted molar refractivity (Wildman–Crippen MR) is 63.9 cm³/mol. The lowest BCUT2D eigenvalue weighted by molar-refractivity contribution is 0.170. The van der Waals surface area contributed by atoms with E-state index in [1.807, 2.05) is 12.1 Å². The third kappa shape index (κ3) is 4.66. The smallest absolute Gasteiger partial charge is 0.233 e. The molecule has 17 heavy (non-hydrogen) atoms. The zero-order valence-electron chi connectivity index (χ0n) is 10.2. The molecule has 0 saturated heterocycles. The molecule has 94 valence electrons. The maximum absolute atomic E-state index is 5.43. The topological polar surface area (TPSA) is 56.3 Å². The van der Waals surface area contributed by atoms with Crippen molar-refractivity contribution in [3.63, 3.8) is 0 Å². The Labute approximate surface area is 102 Å². The van der Waals surface area contributed by atoms with Crippen LogP contribution in [0.15, 0.2) is 12.1 Å². The van der Waals surface area contributed by atoms with Gasteiger partial charge in [-0.25, -0.2) is 0 Å². The number of aromatic nitrogens is 2. The molecule has 0 spiro atoms. The van der Waals surface area contributed by atoms with Crippen molar-refractivity contribution in [2.45, 2.75) is 31.8 Å². The summed E-state index contributed by atoms with van der Waals surface area (Å²) in [6.45, 7) is 2.11. The van der Waals surface area contributed by atoms with Crippen LogP contribution < -0.4 is 10.1 Å². The second-order valence-corrected chi connectivity index (χ2v) is 4.21. The predicted octanol–water partition coefficient (Wildman–Crippen LogP) is 1.14. The molecule has 1 N–H and O–H groups in total. The Morgan fingerprint density at radius 3 is 2.82 bits per heavy atom. The monoisotopic (exact) mass is 237 g/mol. The average molecular weight is 237 g/mol. The van der Waals surface area contributed by atoms with Crippen LogP contribution in [0.5, 0.6) is 5.88 Å². The zero-order chi connectivity index (χ0) is 11.9. The van der Waals surface area contributed by atoms with Gasteiger partial charge in [0.25, 0.3) is 0 Å². The molecule has 0 aromatic carbocycles. The van der Waals surface area contributed by atoms with Crippen LogP contribution in [-0.2, 0) is 11.3 Å². The molecule has 1 heterocycles. The minimum Gasteiger partial charge on any atom is -0.477 e. The summed E-state index contributed by atoms with van der Waals surface area (Å²) >= 11 is 0. The molecule has 0 bridgehead atoms. The number of nitrogens with one attached hydrogen (secondary N) is 1. The van der Waals surface area contributed by atoms with Crippen molar-refractivity contribution in [1.82, 2.24) is 15.5 Å². The lowest BCUT2D eigenvalue weighted by atomic mass is 10.4. The normalized spacial score (nSPS) is 14.9. The lowest BCUT2D eigenvalue weighted by Crippen LogP contribution is -2.16. The summed E-state index contributed by atoms with van der Waals surface area (Å²) in [7, 11) is 1.68. The van der Waals surface area contributed by atoms with Crippen LogP contribution in [0.2, 0.25) is 0 Å². The van der Waals surface area contributed by atoms with Crippen LogP contribution in [0.1, 0.15) is 25.0 Å². The molecule has 1 aliphatic carbocycles. The molecule has 1 aliphatic rings. The van der Waals surface area contributed by atoms with Crippen LogP contribution in [0.4, 0.5) is 0 Å². The van der Waals surface area contributed by atoms with Crippen molar-refractivity contribution < 1.29 is 9.47 Å². The lowest BCUT2D eigenvalue weighted by Gasteiger charge is -2.05. The first-order chi connectivity index (χ1) is 8.38. The summed E-state index contributed by atoms with van der Waals surface area (Å²) in [5, 5.41) is 11.5. The minimum absolute atomic E-state index is 0.580. The Balaban J connectivity index is 1.68. The number of hydrogen-bond donors (Lipinski definition) is 1. The van der Waals surface area contributed by atoms with E-state index >= 15 is 0 Å². The van der Waals surface area contributed by atoms with Gasteiger partial charge in [0.15, 0.2) is 0 Å². The Kier molecular flexibility index (Phi) is 4.70. The fourth-order valence-corrected chi connectivity index (χ4v) is 1.44. The summed E-state index contributed by atoms with van der Waals surface area (Å²) in [5.74, 6) is 0.580. The van der Waals surface area contributed by atoms with E-state index in [0.717, 1.165) is 18.7 Å². The summed E-state index contributed by atoms with van der Waals surface area (Å²) < 4.78 is 10.4. The van der Waals surface area contributed by atoms with Crippen molar-refractivity contribution in [2.24, 2.45) is 0 Å². The van der Waals surface area contributed by atoms with E-state index in [4.69, 9.17) is 9.47 Å². The van der Waals surface area contributed by atoms with Gasteiger partial charge in [0.05, 0.1) is 12.3 Å². The van der Waals surface area contributed by atoms with Crippen molar-refractivity contribution in [2.75, 3.05) is 20.3 Å². The molecule has 5 nitrogen and oxygen atoms in total. The second-order valence-electron chi connectivity index (χ2n) is 4.21. The van der Waals surface area contributed by atoms with Crippen molar-refractivity contribution in [3.8, 4) is 5.88 Å². The second kappa shape index (κ2) is 6.51. The largest absolute Gasteiger partial charge is 0.477 e. The van der Waals surface area contributed by atoms with Gasteiger partial charge in [-0.05, 0) is 18.9 Å². The van der Waals surface area contributed by atoms with Gasteiger partial charge in [-0.2, -0.15) is 5.10 Å². The van der Waals surface area contributed by atoms with Gasteiger partial charge in [0.1, 0.15) is 0 Å². The van der Waals surface area contributed by atoms with Crippen LogP contribution in [0.3, 0.4) is 0 Å². The highest BCUT2D eigenvalue weighted by Gasteiger charge is 2.20. The van der Waals surface area contributed by atoms with E-state index in [1.54, 1.807) is 7.11 Å². The van der Waals surface area contributed by atoms with Crippen molar-refractivity contribution in [3.05, 3.63) is 17.8 Å². The number of nitrogens with zero attached hydrogens (tertiary/aromatic N) is 2. The van der Waals surface area contributed by atoms with E-state index in [1.165, 1.54) is 12.8 Å². The molecule has 0 radical (unpaired) electrons. The van der Waals surface area contributed by atoms with Gasteiger partial charge in [-0.1, -0.05) is 0 Å². The van der Waals surface area contributed by atoms with Gasteiger partial charge < -0.3 is 14.8 Å². The Morgan fingerprint density at radius 1 is 1.29 bits per heavy atom. The SMILES string of the molecule is COCCCOc1ccc(CNC2CC2)nn1. The molecule has 5 heteroatoms. The van der Waals surface area contributed by atoms with Crippen molar-refractivity contribution in [1.29, 1.82) is 0 Å². The molecule has 2 rings (SSSR count). The van der Waals surface area contributed by atoms with Gasteiger partial charge in [0, 0.05) is 38.8 Å². The van der Waals surface area contributed by atoms with Crippen LogP contribution >= 0.6 is 0 Å². The third-order valence-corrected chi connectivity index (χ3v) is 2.59. The van der Waals surface area contributed by atoms with E-state index in [9.17, 15) is 0 Å². The van der Waals surface area contributed by atoms with E-state index in [0.29, 0.717) is 25.1 Å². The number of ether oxygens (including phenoxy) is 2. The van der Waals surface area contributed by atoms with Crippen LogP contribution in [0, 0.1) is 0 Å². The molecule has 1 saturated carbocycles. The fourth-order valence-electron chi connectivity index (χ4n) is 1.44. The maximum atomic E-state index is 5.43. The van der Waals surface area contributed by atoms with E-state index in [2.05, 4.69) is 15.5 Å².